The van der Waals surface area contributed by atoms with E-state index in [-0.39, 0.29) is 24.4 Å². The Bertz CT molecular complexity index is 1290. The van der Waals surface area contributed by atoms with Gasteiger partial charge in [0.1, 0.15) is 18.9 Å². The molecule has 37 heavy (non-hydrogen) atoms. The van der Waals surface area contributed by atoms with E-state index in [9.17, 15) is 4.79 Å². The van der Waals surface area contributed by atoms with Gasteiger partial charge in [0.05, 0.1) is 19.1 Å². The molecular formula is C27H30FN5O4. The van der Waals surface area contributed by atoms with Crippen molar-refractivity contribution in [3.63, 3.8) is 0 Å². The van der Waals surface area contributed by atoms with Gasteiger partial charge in [-0.1, -0.05) is 30.3 Å². The van der Waals surface area contributed by atoms with Crippen LogP contribution < -0.4 is 14.4 Å². The van der Waals surface area contributed by atoms with Crippen molar-refractivity contribution in [1.29, 1.82) is 0 Å². The van der Waals surface area contributed by atoms with E-state index < -0.39 is 5.82 Å². The Labute approximate surface area is 214 Å². The van der Waals surface area contributed by atoms with Crippen LogP contribution in [0.4, 0.5) is 15.9 Å². The van der Waals surface area contributed by atoms with E-state index in [1.807, 2.05) is 40.1 Å². The first-order chi connectivity index (χ1) is 18.1. The first-order valence-corrected chi connectivity index (χ1v) is 12.8. The normalized spacial score (nSPS) is 17.7. The van der Waals surface area contributed by atoms with Crippen LogP contribution in [0.1, 0.15) is 42.6 Å². The Balaban J connectivity index is 1.35. The number of halogens is 1. The van der Waals surface area contributed by atoms with Crippen molar-refractivity contribution in [2.24, 2.45) is 0 Å². The summed E-state index contributed by atoms with van der Waals surface area (Å²) < 4.78 is 34.4. The summed E-state index contributed by atoms with van der Waals surface area (Å²) in [4.78, 5) is 20.4. The van der Waals surface area contributed by atoms with Crippen LogP contribution in [0.25, 0.3) is 0 Å². The van der Waals surface area contributed by atoms with Crippen molar-refractivity contribution in [1.82, 2.24) is 19.7 Å². The van der Waals surface area contributed by atoms with Gasteiger partial charge in [0.25, 0.3) is 5.88 Å². The fraction of sp³-hybridized carbons (Fsp3) is 0.444. The minimum Gasteiger partial charge on any atom is -0.474 e. The van der Waals surface area contributed by atoms with Crippen molar-refractivity contribution < 1.29 is 23.4 Å². The first-order valence-electron chi connectivity index (χ1n) is 12.8. The molecule has 6 rings (SSSR count). The van der Waals surface area contributed by atoms with E-state index in [0.717, 1.165) is 41.9 Å². The molecule has 1 fully saturated rings. The molecule has 0 bridgehead atoms. The smallest absolute Gasteiger partial charge is 0.254 e. The van der Waals surface area contributed by atoms with Gasteiger partial charge < -0.3 is 24.0 Å². The lowest BCUT2D eigenvalue weighted by molar-refractivity contribution is -0.129. The SMILES string of the molecule is CC(=O)N1CCc2c(c(N3CCOc4nc(OCc5ccccc5)c(F)cc43)nn2C2CCOCC2)C1. The number of fused-ring (bicyclic) bond motifs is 2. The number of carbonyl (C=O) groups excluding carboxylic acids is 1. The molecule has 9 nitrogen and oxygen atoms in total. The number of hydrogen-bond acceptors (Lipinski definition) is 7. The number of rotatable bonds is 5. The van der Waals surface area contributed by atoms with Crippen LogP contribution in [-0.2, 0) is 29.1 Å². The van der Waals surface area contributed by atoms with Crippen molar-refractivity contribution in [3.05, 3.63) is 59.0 Å². The van der Waals surface area contributed by atoms with Crippen LogP contribution in [0.15, 0.2) is 36.4 Å². The zero-order chi connectivity index (χ0) is 25.4. The number of amides is 1. The third-order valence-corrected chi connectivity index (χ3v) is 7.26. The minimum atomic E-state index is -0.562. The fourth-order valence-electron chi connectivity index (χ4n) is 5.29. The highest BCUT2D eigenvalue weighted by molar-refractivity contribution is 5.75. The van der Waals surface area contributed by atoms with Gasteiger partial charge >= 0.3 is 0 Å². The number of aromatic nitrogens is 3. The molecule has 1 aromatic carbocycles. The highest BCUT2D eigenvalue weighted by Crippen LogP contribution is 2.41. The summed E-state index contributed by atoms with van der Waals surface area (Å²) in [6.45, 7) is 5.21. The Morgan fingerprint density at radius 2 is 1.97 bits per heavy atom. The third kappa shape index (κ3) is 4.61. The maximum Gasteiger partial charge on any atom is 0.254 e. The lowest BCUT2D eigenvalue weighted by atomic mass is 10.0. The number of anilines is 2. The second-order valence-corrected chi connectivity index (χ2v) is 9.60. The molecule has 3 aliphatic rings. The first kappa shape index (κ1) is 23.7. The van der Waals surface area contributed by atoms with Gasteiger partial charge in [0.2, 0.25) is 11.8 Å². The molecular weight excluding hydrogens is 477 g/mol. The number of nitrogens with zero attached hydrogens (tertiary/aromatic N) is 5. The molecule has 0 saturated carbocycles. The Morgan fingerprint density at radius 3 is 2.76 bits per heavy atom. The highest BCUT2D eigenvalue weighted by atomic mass is 19.1. The zero-order valence-electron chi connectivity index (χ0n) is 20.9. The summed E-state index contributed by atoms with van der Waals surface area (Å²) >= 11 is 0. The lowest BCUT2D eigenvalue weighted by Crippen LogP contribution is -2.36. The van der Waals surface area contributed by atoms with Gasteiger partial charge in [0, 0.05) is 50.4 Å². The second kappa shape index (κ2) is 10.0. The van der Waals surface area contributed by atoms with Crippen LogP contribution in [-0.4, -0.2) is 58.5 Å². The fourth-order valence-corrected chi connectivity index (χ4v) is 5.29. The van der Waals surface area contributed by atoms with Crippen LogP contribution in [0.3, 0.4) is 0 Å². The number of carbonyl (C=O) groups is 1. The average molecular weight is 508 g/mol. The second-order valence-electron chi connectivity index (χ2n) is 9.60. The van der Waals surface area contributed by atoms with E-state index in [1.165, 1.54) is 6.07 Å². The quantitative estimate of drug-likeness (QED) is 0.520. The molecule has 3 aromatic rings. The molecule has 1 saturated heterocycles. The van der Waals surface area contributed by atoms with Crippen molar-refractivity contribution in [2.45, 2.75) is 45.4 Å². The Hall–Kier alpha value is -3.66. The minimum absolute atomic E-state index is 0.0331. The number of ether oxygens (including phenoxy) is 3. The summed E-state index contributed by atoms with van der Waals surface area (Å²) in [5, 5.41) is 5.07. The van der Waals surface area contributed by atoms with E-state index in [1.54, 1.807) is 6.92 Å². The molecule has 0 atom stereocenters. The highest BCUT2D eigenvalue weighted by Gasteiger charge is 2.34. The monoisotopic (exact) mass is 507 g/mol. The predicted octanol–water partition coefficient (Wildman–Crippen LogP) is 3.78. The molecule has 3 aliphatic heterocycles. The van der Waals surface area contributed by atoms with E-state index in [2.05, 4.69) is 9.67 Å². The Kier molecular flexibility index (Phi) is 6.42. The van der Waals surface area contributed by atoms with Gasteiger partial charge in [-0.15, -0.1) is 0 Å². The van der Waals surface area contributed by atoms with E-state index in [0.29, 0.717) is 51.0 Å². The maximum atomic E-state index is 15.2. The molecule has 0 aliphatic carbocycles. The van der Waals surface area contributed by atoms with E-state index >= 15 is 4.39 Å². The average Bonchev–Trinajstić information content (AvgIpc) is 3.31. The van der Waals surface area contributed by atoms with Crippen LogP contribution in [0, 0.1) is 5.82 Å². The molecule has 2 aromatic heterocycles. The van der Waals surface area contributed by atoms with Crippen LogP contribution >= 0.6 is 0 Å². The number of benzene rings is 1. The molecule has 0 spiro atoms. The van der Waals surface area contributed by atoms with Crippen molar-refractivity contribution in [3.8, 4) is 11.8 Å². The summed E-state index contributed by atoms with van der Waals surface area (Å²) in [6.07, 6.45) is 2.51. The van der Waals surface area contributed by atoms with E-state index in [4.69, 9.17) is 19.3 Å². The lowest BCUT2D eigenvalue weighted by Gasteiger charge is -2.32. The van der Waals surface area contributed by atoms with Gasteiger partial charge in [0.15, 0.2) is 11.6 Å². The standard InChI is InChI=1S/C27H30FN5O4/c1-18(34)31-10-7-23-21(16-31)25(30-33(23)20-8-12-35-13-9-20)32-11-14-36-27-24(32)15-22(28)26(29-27)37-17-19-5-3-2-4-6-19/h2-6,15,20H,7-14,16-17H2,1H3. The van der Waals surface area contributed by atoms with Gasteiger partial charge in [-0.05, 0) is 18.4 Å². The predicted molar refractivity (Wildman–Crippen MR) is 134 cm³/mol. The van der Waals surface area contributed by atoms with Crippen molar-refractivity contribution >= 4 is 17.4 Å². The molecule has 194 valence electrons. The maximum absolute atomic E-state index is 15.2. The molecule has 0 unspecified atom stereocenters. The van der Waals surface area contributed by atoms with Gasteiger partial charge in [-0.2, -0.15) is 10.1 Å². The Morgan fingerprint density at radius 1 is 1.16 bits per heavy atom. The molecule has 0 N–H and O–H groups in total. The number of hydrogen-bond donors (Lipinski definition) is 0. The molecule has 5 heterocycles. The van der Waals surface area contributed by atoms with Crippen molar-refractivity contribution in [2.75, 3.05) is 37.8 Å². The zero-order valence-corrected chi connectivity index (χ0v) is 20.9. The van der Waals surface area contributed by atoms with Crippen LogP contribution in [0.2, 0.25) is 0 Å². The molecule has 10 heteroatoms. The topological polar surface area (TPSA) is 82.0 Å². The van der Waals surface area contributed by atoms with Crippen LogP contribution in [0.5, 0.6) is 11.8 Å². The molecule has 1 amide bonds. The third-order valence-electron chi connectivity index (χ3n) is 7.26. The summed E-state index contributed by atoms with van der Waals surface area (Å²) in [5.41, 5.74) is 3.58. The van der Waals surface area contributed by atoms with Gasteiger partial charge in [-0.25, -0.2) is 4.39 Å². The van der Waals surface area contributed by atoms with Gasteiger partial charge in [-0.3, -0.25) is 9.48 Å². The summed E-state index contributed by atoms with van der Waals surface area (Å²) in [5.74, 6) is 0.418. The number of pyridine rings is 1. The summed E-state index contributed by atoms with van der Waals surface area (Å²) in [6, 6.07) is 11.2. The molecule has 0 radical (unpaired) electrons. The summed E-state index contributed by atoms with van der Waals surface area (Å²) in [7, 11) is 0. The largest absolute Gasteiger partial charge is 0.474 e.